The van der Waals surface area contributed by atoms with Gasteiger partial charge in [0.25, 0.3) is 0 Å². The van der Waals surface area contributed by atoms with Crippen molar-refractivity contribution in [2.45, 2.75) is 0 Å². The fraction of sp³-hybridized carbons (Fsp3) is 0. The number of halogens is 2. The molecule has 15 heavy (non-hydrogen) atoms. The van der Waals surface area contributed by atoms with E-state index in [1.54, 1.807) is 0 Å². The monoisotopic (exact) mass is 421 g/mol. The highest BCUT2D eigenvalue weighted by Crippen LogP contribution is 2.32. The lowest BCUT2D eigenvalue weighted by Gasteiger charge is -2.17. The lowest BCUT2D eigenvalue weighted by atomic mass is 10.3. The molecule has 0 aliphatic rings. The molecule has 0 saturated carbocycles. The molecule has 0 fully saturated rings. The van der Waals surface area contributed by atoms with Gasteiger partial charge in [0.1, 0.15) is 0 Å². The molecule has 0 atom stereocenters. The zero-order chi connectivity index (χ0) is 10.7. The van der Waals surface area contributed by atoms with Gasteiger partial charge in [0.2, 0.25) is 0 Å². The molecule has 76 valence electrons. The summed E-state index contributed by atoms with van der Waals surface area (Å²) in [4.78, 5) is 0. The van der Waals surface area contributed by atoms with Gasteiger partial charge in [-0.1, -0.05) is 30.3 Å². The number of para-hydroxylation sites is 2. The molecule has 0 spiro atoms. The summed E-state index contributed by atoms with van der Waals surface area (Å²) in [7, 11) is 0. The molecule has 0 aliphatic heterocycles. The fourth-order valence-corrected chi connectivity index (χ4v) is 3.14. The first-order valence-electron chi connectivity index (χ1n) is 4.54. The number of hydrogen-bond acceptors (Lipinski definition) is 1. The van der Waals surface area contributed by atoms with Crippen molar-refractivity contribution >= 4 is 56.8 Å². The summed E-state index contributed by atoms with van der Waals surface area (Å²) < 4.78 is 3.42. The van der Waals surface area contributed by atoms with Gasteiger partial charge in [-0.2, -0.15) is 0 Å². The van der Waals surface area contributed by atoms with Crippen LogP contribution in [0.15, 0.2) is 54.6 Å². The Balaban J connectivity index is 2.37. The maximum Gasteiger partial charge on any atom is 0.0646 e. The second kappa shape index (κ2) is 5.16. The minimum absolute atomic E-state index is 1.20. The summed E-state index contributed by atoms with van der Waals surface area (Å²) in [6.45, 7) is 0. The average molecular weight is 421 g/mol. The van der Waals surface area contributed by atoms with Crippen LogP contribution >= 0.6 is 45.5 Å². The first-order valence-corrected chi connectivity index (χ1v) is 6.59. The van der Waals surface area contributed by atoms with Crippen molar-refractivity contribution in [2.75, 3.05) is 3.11 Å². The van der Waals surface area contributed by atoms with E-state index in [1.165, 1.54) is 14.9 Å². The highest BCUT2D eigenvalue weighted by atomic mass is 127. The third-order valence-corrected chi connectivity index (χ3v) is 4.04. The van der Waals surface area contributed by atoms with Crippen LogP contribution in [-0.2, 0) is 0 Å². The molecule has 3 heteroatoms. The van der Waals surface area contributed by atoms with E-state index in [4.69, 9.17) is 0 Å². The third-order valence-electron chi connectivity index (χ3n) is 2.05. The maximum atomic E-state index is 2.36. The van der Waals surface area contributed by atoms with Crippen LogP contribution in [0.25, 0.3) is 0 Å². The van der Waals surface area contributed by atoms with Crippen molar-refractivity contribution in [1.82, 2.24) is 0 Å². The summed E-state index contributed by atoms with van der Waals surface area (Å²) in [5.74, 6) is 0. The van der Waals surface area contributed by atoms with Crippen LogP contribution in [0.1, 0.15) is 0 Å². The third kappa shape index (κ3) is 2.63. The van der Waals surface area contributed by atoms with E-state index in [0.29, 0.717) is 0 Å². The zero-order valence-corrected chi connectivity index (χ0v) is 12.2. The van der Waals surface area contributed by atoms with Gasteiger partial charge < -0.3 is 0 Å². The number of rotatable bonds is 2. The molecule has 0 N–H and O–H groups in total. The van der Waals surface area contributed by atoms with Crippen LogP contribution in [0.4, 0.5) is 11.4 Å². The highest BCUT2D eigenvalue weighted by molar-refractivity contribution is 14.1. The first-order chi connectivity index (χ1) is 7.29. The Morgan fingerprint density at radius 2 is 1.40 bits per heavy atom. The molecular formula is C12H9I2N. The first kappa shape index (κ1) is 11.2. The van der Waals surface area contributed by atoms with Crippen LogP contribution in [0.3, 0.4) is 0 Å². The number of hydrogen-bond donors (Lipinski definition) is 0. The molecular weight excluding hydrogens is 412 g/mol. The summed E-state index contributed by atoms with van der Waals surface area (Å²) in [5, 5.41) is 0. The van der Waals surface area contributed by atoms with Gasteiger partial charge >= 0.3 is 0 Å². The lowest BCUT2D eigenvalue weighted by molar-refractivity contribution is 1.45. The van der Waals surface area contributed by atoms with E-state index in [9.17, 15) is 0 Å². The predicted molar refractivity (Wildman–Crippen MR) is 81.8 cm³/mol. The number of benzene rings is 2. The minimum Gasteiger partial charge on any atom is -0.282 e. The van der Waals surface area contributed by atoms with Gasteiger partial charge in [0.15, 0.2) is 0 Å². The summed E-state index contributed by atoms with van der Waals surface area (Å²) in [6.07, 6.45) is 0. The molecule has 2 rings (SSSR count). The Morgan fingerprint density at radius 1 is 0.800 bits per heavy atom. The molecule has 1 nitrogen and oxygen atoms in total. The van der Waals surface area contributed by atoms with Crippen molar-refractivity contribution in [3.63, 3.8) is 0 Å². The summed E-state index contributed by atoms with van der Waals surface area (Å²) >= 11 is 4.68. The van der Waals surface area contributed by atoms with Crippen LogP contribution in [0, 0.1) is 3.57 Å². The van der Waals surface area contributed by atoms with E-state index >= 15 is 0 Å². The molecule has 0 heterocycles. The number of anilines is 2. The molecule has 2 aromatic rings. The van der Waals surface area contributed by atoms with Gasteiger partial charge in [-0.3, -0.25) is 3.11 Å². The maximum absolute atomic E-state index is 2.36. The van der Waals surface area contributed by atoms with E-state index < -0.39 is 0 Å². The molecule has 0 unspecified atom stereocenters. The van der Waals surface area contributed by atoms with Crippen molar-refractivity contribution in [1.29, 1.82) is 0 Å². The minimum atomic E-state index is 1.20. The molecule has 0 radical (unpaired) electrons. The van der Waals surface area contributed by atoms with Crippen molar-refractivity contribution in [2.24, 2.45) is 0 Å². The predicted octanol–water partition coefficient (Wildman–Crippen LogP) is 4.78. The number of nitrogens with zero attached hydrogens (tertiary/aromatic N) is 1. The van der Waals surface area contributed by atoms with Crippen LogP contribution in [-0.4, -0.2) is 0 Å². The second-order valence-electron chi connectivity index (χ2n) is 3.07. The Bertz CT molecular complexity index is 442. The smallest absolute Gasteiger partial charge is 0.0646 e. The molecule has 2 aromatic carbocycles. The van der Waals surface area contributed by atoms with Gasteiger partial charge in [0, 0.05) is 3.57 Å². The van der Waals surface area contributed by atoms with Crippen molar-refractivity contribution in [3.8, 4) is 0 Å². The quantitative estimate of drug-likeness (QED) is 0.499. The van der Waals surface area contributed by atoms with Crippen LogP contribution in [0.2, 0.25) is 0 Å². The lowest BCUT2D eigenvalue weighted by Crippen LogP contribution is -2.01. The molecule has 0 bridgehead atoms. The summed E-state index contributed by atoms with van der Waals surface area (Å²) in [5.41, 5.74) is 2.42. The zero-order valence-electron chi connectivity index (χ0n) is 7.90. The molecule has 0 aliphatic carbocycles. The fourth-order valence-electron chi connectivity index (χ4n) is 1.31. The van der Waals surface area contributed by atoms with Crippen molar-refractivity contribution in [3.05, 3.63) is 58.2 Å². The highest BCUT2D eigenvalue weighted by Gasteiger charge is 2.07. The van der Waals surface area contributed by atoms with E-state index in [-0.39, 0.29) is 0 Å². The van der Waals surface area contributed by atoms with Crippen LogP contribution < -0.4 is 3.11 Å². The Labute approximate surface area is 117 Å². The Morgan fingerprint density at radius 3 is 2.07 bits per heavy atom. The van der Waals surface area contributed by atoms with E-state index in [0.717, 1.165) is 0 Å². The van der Waals surface area contributed by atoms with Gasteiger partial charge in [-0.15, -0.1) is 0 Å². The topological polar surface area (TPSA) is 3.24 Å². The summed E-state index contributed by atoms with van der Waals surface area (Å²) in [6, 6.07) is 18.7. The second-order valence-corrected chi connectivity index (χ2v) is 5.19. The van der Waals surface area contributed by atoms with E-state index in [2.05, 4.69) is 97.1 Å². The van der Waals surface area contributed by atoms with E-state index in [1.807, 2.05) is 6.07 Å². The normalized spacial score (nSPS) is 10.0. The Hall–Kier alpha value is -0.300. The van der Waals surface area contributed by atoms with Gasteiger partial charge in [-0.25, -0.2) is 0 Å². The Kier molecular flexibility index (Phi) is 3.85. The van der Waals surface area contributed by atoms with Gasteiger partial charge in [0.05, 0.1) is 34.2 Å². The van der Waals surface area contributed by atoms with Crippen molar-refractivity contribution < 1.29 is 0 Å². The van der Waals surface area contributed by atoms with Gasteiger partial charge in [-0.05, 0) is 46.9 Å². The molecule has 0 amide bonds. The molecule has 0 aromatic heterocycles. The average Bonchev–Trinajstić information content (AvgIpc) is 2.30. The van der Waals surface area contributed by atoms with Crippen LogP contribution in [0.5, 0.6) is 0 Å². The SMILES string of the molecule is Ic1ccccc1N(I)c1ccccc1. The standard InChI is InChI=1S/C12H9I2N/c13-11-8-4-5-9-12(11)15(14)10-6-2-1-3-7-10/h1-9H. The molecule has 0 saturated heterocycles. The largest absolute Gasteiger partial charge is 0.282 e.